The van der Waals surface area contributed by atoms with Crippen LogP contribution in [0.2, 0.25) is 11.1 Å². The van der Waals surface area contributed by atoms with Gasteiger partial charge in [-0.05, 0) is 51.9 Å². The van der Waals surface area contributed by atoms with Crippen molar-refractivity contribution in [3.63, 3.8) is 0 Å². The number of benzene rings is 1. The van der Waals surface area contributed by atoms with E-state index in [1.807, 2.05) is 46.8 Å². The minimum Gasteiger partial charge on any atom is -0.307 e. The first-order valence-corrected chi connectivity index (χ1v) is 8.86. The summed E-state index contributed by atoms with van der Waals surface area (Å²) in [4.78, 5) is 0. The molecule has 0 saturated carbocycles. The van der Waals surface area contributed by atoms with Crippen LogP contribution in [0.4, 0.5) is 4.11 Å². The van der Waals surface area contributed by atoms with E-state index in [-0.39, 0.29) is 11.1 Å². The fraction of sp³-hybridized carbons (Fsp3) is 0.538. The molecule has 1 aromatic carbocycles. The molecule has 0 atom stereocenters. The highest BCUT2D eigenvalue weighted by Crippen LogP contribution is 2.34. The SMILES string of the molecule is Cc1ccc(I)c([Si](F)(C(C)C)C(C)C)c1. The van der Waals surface area contributed by atoms with Crippen molar-refractivity contribution in [3.8, 4) is 0 Å². The predicted octanol–water partition coefficient (Wildman–Crippen LogP) is 4.54. The highest BCUT2D eigenvalue weighted by atomic mass is 127. The Kier molecular flexibility index (Phi) is 4.57. The molecule has 0 unspecified atom stereocenters. The third-order valence-corrected chi connectivity index (χ3v) is 9.26. The Bertz CT molecular complexity index is 366. The molecule has 0 saturated heterocycles. The molecular weight excluding hydrogens is 330 g/mol. The molecule has 0 aromatic heterocycles. The third-order valence-electron chi connectivity index (χ3n) is 3.22. The van der Waals surface area contributed by atoms with E-state index >= 15 is 4.11 Å². The van der Waals surface area contributed by atoms with Gasteiger partial charge in [-0.2, -0.15) is 0 Å². The van der Waals surface area contributed by atoms with Crippen LogP contribution in [0.15, 0.2) is 18.2 Å². The van der Waals surface area contributed by atoms with Crippen LogP contribution in [-0.4, -0.2) is 8.41 Å². The lowest BCUT2D eigenvalue weighted by Gasteiger charge is -2.31. The molecular formula is C13H20FISi. The lowest BCUT2D eigenvalue weighted by atomic mass is 10.2. The van der Waals surface area contributed by atoms with Crippen molar-refractivity contribution in [2.24, 2.45) is 0 Å². The van der Waals surface area contributed by atoms with Gasteiger partial charge in [-0.1, -0.05) is 45.4 Å². The van der Waals surface area contributed by atoms with Gasteiger partial charge in [0, 0.05) is 3.57 Å². The maximum Gasteiger partial charge on any atom is 0.283 e. The number of aryl methyl sites for hydroxylation is 1. The highest BCUT2D eigenvalue weighted by molar-refractivity contribution is 14.1. The Labute approximate surface area is 113 Å². The summed E-state index contributed by atoms with van der Waals surface area (Å²) < 4.78 is 16.4. The van der Waals surface area contributed by atoms with E-state index in [0.29, 0.717) is 0 Å². The summed E-state index contributed by atoms with van der Waals surface area (Å²) in [5.41, 5.74) is 1.41. The van der Waals surface area contributed by atoms with E-state index < -0.39 is 8.41 Å². The average molecular weight is 350 g/mol. The Hall–Kier alpha value is 0.0969. The summed E-state index contributed by atoms with van der Waals surface area (Å²) in [5.74, 6) is 0. The largest absolute Gasteiger partial charge is 0.307 e. The van der Waals surface area contributed by atoms with Gasteiger partial charge in [0.25, 0.3) is 8.41 Å². The number of rotatable bonds is 3. The van der Waals surface area contributed by atoms with E-state index in [1.165, 1.54) is 0 Å². The van der Waals surface area contributed by atoms with Crippen LogP contribution in [0.3, 0.4) is 0 Å². The second-order valence-electron chi connectivity index (χ2n) is 5.06. The minimum atomic E-state index is -2.86. The van der Waals surface area contributed by atoms with Gasteiger partial charge in [0.15, 0.2) is 0 Å². The van der Waals surface area contributed by atoms with Crippen LogP contribution in [-0.2, 0) is 0 Å². The normalized spacial score (nSPS) is 12.6. The van der Waals surface area contributed by atoms with E-state index in [1.54, 1.807) is 0 Å². The molecule has 0 spiro atoms. The summed E-state index contributed by atoms with van der Waals surface area (Å²) in [6, 6.07) is 6.14. The molecule has 3 heteroatoms. The standard InChI is InChI=1S/C13H20FISi/c1-9(2)16(14,10(3)4)13-8-11(5)6-7-12(13)15/h6-10H,1-5H3. The van der Waals surface area contributed by atoms with E-state index in [0.717, 1.165) is 14.3 Å². The third kappa shape index (κ3) is 2.50. The second kappa shape index (κ2) is 5.17. The van der Waals surface area contributed by atoms with Gasteiger partial charge in [-0.25, -0.2) is 0 Å². The summed E-state index contributed by atoms with van der Waals surface area (Å²) in [5, 5.41) is 0.984. The van der Waals surface area contributed by atoms with Crippen LogP contribution in [0.25, 0.3) is 0 Å². The smallest absolute Gasteiger partial charge is 0.283 e. The van der Waals surface area contributed by atoms with Crippen LogP contribution in [0.1, 0.15) is 33.3 Å². The first kappa shape index (κ1) is 14.2. The Morgan fingerprint density at radius 3 is 2.06 bits per heavy atom. The molecule has 0 bridgehead atoms. The molecule has 90 valence electrons. The molecule has 1 rings (SSSR count). The average Bonchev–Trinajstić information content (AvgIpc) is 2.19. The van der Waals surface area contributed by atoms with Gasteiger partial charge in [0.1, 0.15) is 0 Å². The van der Waals surface area contributed by atoms with Gasteiger partial charge in [0.2, 0.25) is 0 Å². The van der Waals surface area contributed by atoms with Crippen molar-refractivity contribution in [3.05, 3.63) is 27.3 Å². The molecule has 16 heavy (non-hydrogen) atoms. The van der Waals surface area contributed by atoms with Crippen LogP contribution < -0.4 is 5.19 Å². The molecule has 0 aliphatic rings. The second-order valence-corrected chi connectivity index (χ2v) is 10.6. The molecule has 0 aliphatic carbocycles. The van der Waals surface area contributed by atoms with Gasteiger partial charge in [-0.3, -0.25) is 0 Å². The van der Waals surface area contributed by atoms with Crippen molar-refractivity contribution in [2.45, 2.75) is 45.7 Å². The van der Waals surface area contributed by atoms with E-state index in [9.17, 15) is 0 Å². The van der Waals surface area contributed by atoms with E-state index in [4.69, 9.17) is 0 Å². The highest BCUT2D eigenvalue weighted by Gasteiger charge is 2.44. The monoisotopic (exact) mass is 350 g/mol. The number of hydrogen-bond acceptors (Lipinski definition) is 0. The fourth-order valence-electron chi connectivity index (χ4n) is 2.22. The Balaban J connectivity index is 3.37. The zero-order valence-electron chi connectivity index (χ0n) is 10.6. The maximum atomic E-state index is 15.3. The maximum absolute atomic E-state index is 15.3. The molecule has 0 heterocycles. The molecule has 0 fully saturated rings. The van der Waals surface area contributed by atoms with Crippen LogP contribution in [0.5, 0.6) is 0 Å². The quantitative estimate of drug-likeness (QED) is 0.427. The molecule has 0 radical (unpaired) electrons. The van der Waals surface area contributed by atoms with Gasteiger partial charge in [-0.15, -0.1) is 0 Å². The number of halogens is 2. The topological polar surface area (TPSA) is 0 Å². The zero-order chi connectivity index (χ0) is 12.5. The van der Waals surface area contributed by atoms with Gasteiger partial charge in [0.05, 0.1) is 0 Å². The summed E-state index contributed by atoms with van der Waals surface area (Å²) >= 11 is 2.26. The molecule has 0 aliphatic heterocycles. The van der Waals surface area contributed by atoms with Crippen molar-refractivity contribution < 1.29 is 4.11 Å². The first-order valence-electron chi connectivity index (χ1n) is 5.75. The number of hydrogen-bond donors (Lipinski definition) is 0. The lowest BCUT2D eigenvalue weighted by molar-refractivity contribution is 0.698. The van der Waals surface area contributed by atoms with Gasteiger partial charge >= 0.3 is 0 Å². The van der Waals surface area contributed by atoms with Crippen molar-refractivity contribution >= 4 is 36.2 Å². The summed E-state index contributed by atoms with van der Waals surface area (Å²) in [6.07, 6.45) is 0. The van der Waals surface area contributed by atoms with Crippen LogP contribution >= 0.6 is 22.6 Å². The molecule has 1 aromatic rings. The molecule has 0 nitrogen and oxygen atoms in total. The summed E-state index contributed by atoms with van der Waals surface area (Å²) in [6.45, 7) is 10.1. The van der Waals surface area contributed by atoms with Crippen LogP contribution in [0, 0.1) is 10.5 Å². The van der Waals surface area contributed by atoms with Crippen molar-refractivity contribution in [1.82, 2.24) is 0 Å². The van der Waals surface area contributed by atoms with Crippen molar-refractivity contribution in [2.75, 3.05) is 0 Å². The first-order chi connectivity index (χ1) is 7.30. The minimum absolute atomic E-state index is 0.128. The van der Waals surface area contributed by atoms with Gasteiger partial charge < -0.3 is 4.11 Å². The fourth-order valence-corrected chi connectivity index (χ4v) is 7.27. The predicted molar refractivity (Wildman–Crippen MR) is 80.6 cm³/mol. The Morgan fingerprint density at radius 1 is 1.12 bits per heavy atom. The van der Waals surface area contributed by atoms with E-state index in [2.05, 4.69) is 28.7 Å². The zero-order valence-corrected chi connectivity index (χ0v) is 13.8. The van der Waals surface area contributed by atoms with Crippen molar-refractivity contribution in [1.29, 1.82) is 0 Å². The lowest BCUT2D eigenvalue weighted by Crippen LogP contribution is -2.50. The summed E-state index contributed by atoms with van der Waals surface area (Å²) in [7, 11) is -2.86. The molecule has 0 amide bonds. The Morgan fingerprint density at radius 2 is 1.62 bits per heavy atom. The molecule has 0 N–H and O–H groups in total.